The van der Waals surface area contributed by atoms with Gasteiger partial charge >= 0.3 is 0 Å². The van der Waals surface area contributed by atoms with E-state index in [-0.39, 0.29) is 5.91 Å². The minimum atomic E-state index is -0.194. The number of hydrogen-bond donors (Lipinski definition) is 1. The van der Waals surface area contributed by atoms with Crippen molar-refractivity contribution in [3.8, 4) is 16.9 Å². The monoisotopic (exact) mass is 361 g/mol. The van der Waals surface area contributed by atoms with Gasteiger partial charge in [0.25, 0.3) is 5.91 Å². The van der Waals surface area contributed by atoms with E-state index in [4.69, 9.17) is 0 Å². The van der Waals surface area contributed by atoms with E-state index in [2.05, 4.69) is 20.4 Å². The fraction of sp³-hybridized carbons (Fsp3) is 0.0526. The Labute approximate surface area is 154 Å². The SMILES string of the molecule is Cc1ccccc1-c1csc(NC(=O)c2ccc(-n3cncn3)cc2)n1. The number of benzene rings is 2. The minimum absolute atomic E-state index is 0.194. The Morgan fingerprint density at radius 1 is 1.12 bits per heavy atom. The zero-order valence-corrected chi connectivity index (χ0v) is 14.8. The highest BCUT2D eigenvalue weighted by Gasteiger charge is 2.11. The summed E-state index contributed by atoms with van der Waals surface area (Å²) in [5.41, 5.74) is 4.49. The van der Waals surface area contributed by atoms with E-state index in [1.807, 2.05) is 48.7 Å². The summed E-state index contributed by atoms with van der Waals surface area (Å²) in [6.45, 7) is 2.05. The molecule has 4 rings (SSSR count). The Bertz CT molecular complexity index is 1040. The number of aryl methyl sites for hydroxylation is 1. The molecule has 1 amide bonds. The minimum Gasteiger partial charge on any atom is -0.298 e. The lowest BCUT2D eigenvalue weighted by Crippen LogP contribution is -2.11. The van der Waals surface area contributed by atoms with Crippen molar-refractivity contribution in [1.82, 2.24) is 19.7 Å². The maximum absolute atomic E-state index is 12.4. The van der Waals surface area contributed by atoms with Crippen LogP contribution in [0.3, 0.4) is 0 Å². The largest absolute Gasteiger partial charge is 0.298 e. The van der Waals surface area contributed by atoms with Gasteiger partial charge in [-0.05, 0) is 36.8 Å². The van der Waals surface area contributed by atoms with Crippen LogP contribution in [0.2, 0.25) is 0 Å². The molecule has 0 atom stereocenters. The van der Waals surface area contributed by atoms with Crippen LogP contribution in [0.1, 0.15) is 15.9 Å². The third-order valence-corrected chi connectivity index (χ3v) is 4.72. The highest BCUT2D eigenvalue weighted by molar-refractivity contribution is 7.14. The summed E-state index contributed by atoms with van der Waals surface area (Å²) in [5, 5.41) is 9.45. The molecular formula is C19H15N5OS. The summed E-state index contributed by atoms with van der Waals surface area (Å²) >= 11 is 1.41. The summed E-state index contributed by atoms with van der Waals surface area (Å²) in [5.74, 6) is -0.194. The van der Waals surface area contributed by atoms with Gasteiger partial charge in [-0.3, -0.25) is 10.1 Å². The lowest BCUT2D eigenvalue weighted by Gasteiger charge is -2.04. The van der Waals surface area contributed by atoms with Crippen LogP contribution in [0.25, 0.3) is 16.9 Å². The summed E-state index contributed by atoms with van der Waals surface area (Å²) in [6, 6.07) is 15.2. The summed E-state index contributed by atoms with van der Waals surface area (Å²) in [6.07, 6.45) is 3.08. The third-order valence-electron chi connectivity index (χ3n) is 3.96. The molecule has 0 fully saturated rings. The molecule has 0 saturated carbocycles. The van der Waals surface area contributed by atoms with Gasteiger partial charge in [-0.15, -0.1) is 11.3 Å². The normalized spacial score (nSPS) is 10.7. The van der Waals surface area contributed by atoms with E-state index in [1.165, 1.54) is 17.7 Å². The van der Waals surface area contributed by atoms with E-state index in [1.54, 1.807) is 23.1 Å². The molecule has 2 heterocycles. The van der Waals surface area contributed by atoms with Crippen LogP contribution in [0, 0.1) is 6.92 Å². The molecule has 6 nitrogen and oxygen atoms in total. The van der Waals surface area contributed by atoms with Crippen molar-refractivity contribution in [3.63, 3.8) is 0 Å². The number of nitrogens with one attached hydrogen (secondary N) is 1. The second-order valence-electron chi connectivity index (χ2n) is 5.69. The van der Waals surface area contributed by atoms with Gasteiger partial charge in [0, 0.05) is 16.5 Å². The van der Waals surface area contributed by atoms with Crippen molar-refractivity contribution in [2.45, 2.75) is 6.92 Å². The predicted molar refractivity (Wildman–Crippen MR) is 102 cm³/mol. The van der Waals surface area contributed by atoms with Crippen LogP contribution >= 0.6 is 11.3 Å². The molecule has 128 valence electrons. The Kier molecular flexibility index (Phi) is 4.28. The van der Waals surface area contributed by atoms with Gasteiger partial charge in [-0.25, -0.2) is 14.6 Å². The molecule has 4 aromatic rings. The van der Waals surface area contributed by atoms with Crippen LogP contribution in [-0.4, -0.2) is 25.7 Å². The molecular weight excluding hydrogens is 346 g/mol. The van der Waals surface area contributed by atoms with Crippen LogP contribution in [0.4, 0.5) is 5.13 Å². The van der Waals surface area contributed by atoms with Crippen molar-refractivity contribution in [2.24, 2.45) is 0 Å². The summed E-state index contributed by atoms with van der Waals surface area (Å²) in [7, 11) is 0. The first-order valence-electron chi connectivity index (χ1n) is 7.98. The molecule has 2 aromatic carbocycles. The highest BCUT2D eigenvalue weighted by atomic mass is 32.1. The molecule has 0 radical (unpaired) electrons. The first kappa shape index (κ1) is 16.2. The molecule has 0 saturated heterocycles. The van der Waals surface area contributed by atoms with Crippen LogP contribution in [0.5, 0.6) is 0 Å². The van der Waals surface area contributed by atoms with Crippen molar-refractivity contribution < 1.29 is 4.79 Å². The number of aromatic nitrogens is 4. The van der Waals surface area contributed by atoms with Gasteiger partial charge in [0.2, 0.25) is 0 Å². The van der Waals surface area contributed by atoms with E-state index in [9.17, 15) is 4.79 Å². The lowest BCUT2D eigenvalue weighted by atomic mass is 10.1. The number of rotatable bonds is 4. The van der Waals surface area contributed by atoms with Crippen LogP contribution < -0.4 is 5.32 Å². The van der Waals surface area contributed by atoms with E-state index in [0.717, 1.165) is 22.5 Å². The number of nitrogens with zero attached hydrogens (tertiary/aromatic N) is 4. The van der Waals surface area contributed by atoms with Gasteiger partial charge in [0.15, 0.2) is 5.13 Å². The fourth-order valence-electron chi connectivity index (χ4n) is 2.59. The number of anilines is 1. The van der Waals surface area contributed by atoms with Gasteiger partial charge in [-0.1, -0.05) is 24.3 Å². The molecule has 0 aliphatic heterocycles. The third kappa shape index (κ3) is 3.25. The second kappa shape index (κ2) is 6.89. The maximum atomic E-state index is 12.4. The van der Waals surface area contributed by atoms with Crippen molar-refractivity contribution in [3.05, 3.63) is 77.7 Å². The Morgan fingerprint density at radius 3 is 2.65 bits per heavy atom. The quantitative estimate of drug-likeness (QED) is 0.597. The number of carbonyl (C=O) groups excluding carboxylic acids is 1. The number of hydrogen-bond acceptors (Lipinski definition) is 5. The zero-order valence-electron chi connectivity index (χ0n) is 14.0. The molecule has 0 aliphatic rings. The fourth-order valence-corrected chi connectivity index (χ4v) is 3.30. The van der Waals surface area contributed by atoms with Crippen molar-refractivity contribution >= 4 is 22.4 Å². The molecule has 26 heavy (non-hydrogen) atoms. The topological polar surface area (TPSA) is 72.7 Å². The van der Waals surface area contributed by atoms with E-state index >= 15 is 0 Å². The maximum Gasteiger partial charge on any atom is 0.257 e. The molecule has 0 spiro atoms. The first-order valence-corrected chi connectivity index (χ1v) is 8.86. The molecule has 0 unspecified atom stereocenters. The van der Waals surface area contributed by atoms with Gasteiger partial charge in [-0.2, -0.15) is 5.10 Å². The van der Waals surface area contributed by atoms with Crippen LogP contribution in [-0.2, 0) is 0 Å². The molecule has 7 heteroatoms. The van der Waals surface area contributed by atoms with Crippen molar-refractivity contribution in [2.75, 3.05) is 5.32 Å². The zero-order chi connectivity index (χ0) is 17.9. The predicted octanol–water partition coefficient (Wildman–Crippen LogP) is 3.95. The number of thiazole rings is 1. The average molecular weight is 361 g/mol. The van der Waals surface area contributed by atoms with E-state index in [0.29, 0.717) is 10.7 Å². The molecule has 0 aliphatic carbocycles. The lowest BCUT2D eigenvalue weighted by molar-refractivity contribution is 0.102. The van der Waals surface area contributed by atoms with Gasteiger partial charge < -0.3 is 0 Å². The first-order chi connectivity index (χ1) is 12.7. The van der Waals surface area contributed by atoms with Crippen LogP contribution in [0.15, 0.2) is 66.6 Å². The summed E-state index contributed by atoms with van der Waals surface area (Å²) < 4.78 is 1.64. The molecule has 0 bridgehead atoms. The average Bonchev–Trinajstić information content (AvgIpc) is 3.34. The standard InChI is InChI=1S/C19H15N5OS/c1-13-4-2-3-5-16(13)17-10-26-19(22-17)23-18(25)14-6-8-15(9-7-14)24-12-20-11-21-24/h2-12H,1H3,(H,22,23,25). The smallest absolute Gasteiger partial charge is 0.257 e. The van der Waals surface area contributed by atoms with Crippen molar-refractivity contribution in [1.29, 1.82) is 0 Å². The second-order valence-corrected chi connectivity index (χ2v) is 6.55. The Hall–Kier alpha value is -3.32. The number of carbonyl (C=O) groups is 1. The number of amides is 1. The summed E-state index contributed by atoms with van der Waals surface area (Å²) in [4.78, 5) is 20.9. The molecule has 2 aromatic heterocycles. The Morgan fingerprint density at radius 2 is 1.92 bits per heavy atom. The van der Waals surface area contributed by atoms with Gasteiger partial charge in [0.05, 0.1) is 11.4 Å². The Balaban J connectivity index is 1.49. The van der Waals surface area contributed by atoms with Gasteiger partial charge in [0.1, 0.15) is 12.7 Å². The van der Waals surface area contributed by atoms with E-state index < -0.39 is 0 Å². The highest BCUT2D eigenvalue weighted by Crippen LogP contribution is 2.27. The molecule has 1 N–H and O–H groups in total.